The highest BCUT2D eigenvalue weighted by molar-refractivity contribution is 5.51. The van der Waals surface area contributed by atoms with E-state index in [-0.39, 0.29) is 18.0 Å². The van der Waals surface area contributed by atoms with Gasteiger partial charge in [0, 0.05) is 11.8 Å². The lowest BCUT2D eigenvalue weighted by Gasteiger charge is -2.08. The van der Waals surface area contributed by atoms with Gasteiger partial charge in [-0.05, 0) is 18.2 Å². The van der Waals surface area contributed by atoms with Crippen LogP contribution in [0.5, 0.6) is 11.5 Å². The van der Waals surface area contributed by atoms with Crippen LogP contribution in [0.3, 0.4) is 0 Å². The fourth-order valence-corrected chi connectivity index (χ4v) is 1.65. The van der Waals surface area contributed by atoms with E-state index in [1.807, 2.05) is 0 Å². The number of nitrogens with two attached hydrogens (primary N) is 1. The summed E-state index contributed by atoms with van der Waals surface area (Å²) in [6, 6.07) is 7.86. The topological polar surface area (TPSA) is 113 Å². The molecule has 0 saturated heterocycles. The highest BCUT2D eigenvalue weighted by Gasteiger charge is 2.16. The number of hydrazine groups is 1. The van der Waals surface area contributed by atoms with Crippen molar-refractivity contribution in [3.8, 4) is 11.5 Å². The maximum Gasteiger partial charge on any atom is 0.314 e. The van der Waals surface area contributed by atoms with Crippen molar-refractivity contribution in [2.45, 2.75) is 6.61 Å². The van der Waals surface area contributed by atoms with E-state index in [4.69, 9.17) is 15.3 Å². The number of pyridine rings is 1. The van der Waals surface area contributed by atoms with E-state index < -0.39 is 4.92 Å². The van der Waals surface area contributed by atoms with Gasteiger partial charge in [-0.3, -0.25) is 10.1 Å². The fourth-order valence-electron chi connectivity index (χ4n) is 1.65. The number of nitro benzene ring substituents is 1. The Balaban J connectivity index is 2.13. The van der Waals surface area contributed by atoms with Crippen LogP contribution in [0.1, 0.15) is 5.56 Å². The van der Waals surface area contributed by atoms with Gasteiger partial charge in [-0.15, -0.1) is 0 Å². The third-order valence-electron chi connectivity index (χ3n) is 2.73. The molecule has 21 heavy (non-hydrogen) atoms. The molecule has 0 aliphatic rings. The lowest BCUT2D eigenvalue weighted by molar-refractivity contribution is -0.386. The average Bonchev–Trinajstić information content (AvgIpc) is 2.53. The molecular formula is C13H14N4O4. The van der Waals surface area contributed by atoms with Crippen molar-refractivity contribution in [1.82, 2.24) is 4.98 Å². The van der Waals surface area contributed by atoms with Crippen LogP contribution >= 0.6 is 0 Å². The van der Waals surface area contributed by atoms with E-state index in [2.05, 4.69) is 10.4 Å². The maximum absolute atomic E-state index is 11.0. The monoisotopic (exact) mass is 290 g/mol. The number of nitrogens with one attached hydrogen (secondary N) is 1. The van der Waals surface area contributed by atoms with Gasteiger partial charge < -0.3 is 14.9 Å². The van der Waals surface area contributed by atoms with Crippen molar-refractivity contribution in [3.63, 3.8) is 0 Å². The number of nitrogens with zero attached hydrogens (tertiary/aromatic N) is 2. The van der Waals surface area contributed by atoms with Gasteiger partial charge in [0.2, 0.25) is 0 Å². The third kappa shape index (κ3) is 3.57. The number of rotatable bonds is 6. The number of aromatic nitrogens is 1. The predicted octanol–water partition coefficient (Wildman–Crippen LogP) is 1.86. The SMILES string of the molecule is COc1ccc(OCc2ccc(NN)nc2)c([N+](=O)[O-])c1. The second kappa shape index (κ2) is 6.53. The summed E-state index contributed by atoms with van der Waals surface area (Å²) in [6.07, 6.45) is 1.57. The van der Waals surface area contributed by atoms with Crippen LogP contribution in [0.4, 0.5) is 11.5 Å². The Morgan fingerprint density at radius 1 is 1.38 bits per heavy atom. The first-order chi connectivity index (χ1) is 10.1. The highest BCUT2D eigenvalue weighted by Crippen LogP contribution is 2.31. The minimum absolute atomic E-state index is 0.150. The minimum atomic E-state index is -0.516. The molecule has 0 aliphatic heterocycles. The number of hydrogen-bond donors (Lipinski definition) is 2. The van der Waals surface area contributed by atoms with Crippen LogP contribution in [0.2, 0.25) is 0 Å². The molecule has 0 saturated carbocycles. The van der Waals surface area contributed by atoms with Gasteiger partial charge in [-0.1, -0.05) is 6.07 Å². The molecule has 3 N–H and O–H groups in total. The zero-order chi connectivity index (χ0) is 15.2. The summed E-state index contributed by atoms with van der Waals surface area (Å²) in [5.74, 6) is 6.30. The molecule has 0 amide bonds. The number of benzene rings is 1. The van der Waals surface area contributed by atoms with E-state index in [0.29, 0.717) is 11.6 Å². The first kappa shape index (κ1) is 14.5. The fraction of sp³-hybridized carbons (Fsp3) is 0.154. The minimum Gasteiger partial charge on any atom is -0.496 e. The molecule has 1 aromatic carbocycles. The largest absolute Gasteiger partial charge is 0.496 e. The first-order valence-electron chi connectivity index (χ1n) is 6.01. The summed E-state index contributed by atoms with van der Waals surface area (Å²) in [7, 11) is 1.44. The summed E-state index contributed by atoms with van der Waals surface area (Å²) in [5.41, 5.74) is 3.02. The van der Waals surface area contributed by atoms with E-state index >= 15 is 0 Å². The number of anilines is 1. The maximum atomic E-state index is 11.0. The van der Waals surface area contributed by atoms with Crippen molar-refractivity contribution in [1.29, 1.82) is 0 Å². The summed E-state index contributed by atoms with van der Waals surface area (Å²) in [4.78, 5) is 14.5. The van der Waals surface area contributed by atoms with E-state index in [1.54, 1.807) is 24.4 Å². The molecule has 0 fully saturated rings. The van der Waals surface area contributed by atoms with E-state index in [0.717, 1.165) is 5.56 Å². The molecular weight excluding hydrogens is 276 g/mol. The van der Waals surface area contributed by atoms with Gasteiger partial charge in [-0.25, -0.2) is 10.8 Å². The molecule has 0 bridgehead atoms. The van der Waals surface area contributed by atoms with Crippen LogP contribution < -0.4 is 20.7 Å². The van der Waals surface area contributed by atoms with Crippen LogP contribution in [0, 0.1) is 10.1 Å². The highest BCUT2D eigenvalue weighted by atomic mass is 16.6. The Hall–Kier alpha value is -2.87. The quantitative estimate of drug-likeness (QED) is 0.474. The standard InChI is InChI=1S/C13H14N4O4/c1-20-10-3-4-12(11(6-10)17(18)19)21-8-9-2-5-13(16-14)15-7-9/h2-7H,8,14H2,1H3,(H,15,16). The van der Waals surface area contributed by atoms with Gasteiger partial charge in [0.05, 0.1) is 18.1 Å². The predicted molar refractivity (Wildman–Crippen MR) is 76.0 cm³/mol. The molecule has 1 heterocycles. The van der Waals surface area contributed by atoms with Crippen LogP contribution in [-0.2, 0) is 6.61 Å². The van der Waals surface area contributed by atoms with Gasteiger partial charge >= 0.3 is 5.69 Å². The third-order valence-corrected chi connectivity index (χ3v) is 2.73. The number of methoxy groups -OCH3 is 1. The Morgan fingerprint density at radius 2 is 2.19 bits per heavy atom. The molecule has 1 aromatic heterocycles. The molecule has 0 radical (unpaired) electrons. The zero-order valence-corrected chi connectivity index (χ0v) is 11.3. The van der Waals surface area contributed by atoms with Crippen molar-refractivity contribution in [3.05, 3.63) is 52.2 Å². The smallest absolute Gasteiger partial charge is 0.314 e. The summed E-state index contributed by atoms with van der Waals surface area (Å²) >= 11 is 0. The van der Waals surface area contributed by atoms with E-state index in [9.17, 15) is 10.1 Å². The molecule has 0 atom stereocenters. The van der Waals surface area contributed by atoms with Crippen molar-refractivity contribution in [2.75, 3.05) is 12.5 Å². The number of ether oxygens (including phenoxy) is 2. The summed E-state index contributed by atoms with van der Waals surface area (Å²) in [5, 5.41) is 11.0. The number of nitrogen functional groups attached to an aromatic ring is 1. The summed E-state index contributed by atoms with van der Waals surface area (Å²) < 4.78 is 10.4. The molecule has 2 rings (SSSR count). The lowest BCUT2D eigenvalue weighted by Crippen LogP contribution is -2.08. The Kier molecular flexibility index (Phi) is 4.52. The van der Waals surface area contributed by atoms with Gasteiger partial charge in [0.1, 0.15) is 18.2 Å². The molecule has 110 valence electrons. The summed E-state index contributed by atoms with van der Waals surface area (Å²) in [6.45, 7) is 0.158. The second-order valence-electron chi connectivity index (χ2n) is 4.08. The average molecular weight is 290 g/mol. The Labute approximate surface area is 120 Å². The van der Waals surface area contributed by atoms with Gasteiger partial charge in [-0.2, -0.15) is 0 Å². The molecule has 0 unspecified atom stereocenters. The number of nitro groups is 1. The van der Waals surface area contributed by atoms with Crippen LogP contribution in [0.25, 0.3) is 0 Å². The van der Waals surface area contributed by atoms with Crippen molar-refractivity contribution < 1.29 is 14.4 Å². The molecule has 0 aliphatic carbocycles. The van der Waals surface area contributed by atoms with Crippen LogP contribution in [-0.4, -0.2) is 17.0 Å². The lowest BCUT2D eigenvalue weighted by atomic mass is 10.2. The van der Waals surface area contributed by atoms with Crippen molar-refractivity contribution >= 4 is 11.5 Å². The van der Waals surface area contributed by atoms with Gasteiger partial charge in [0.15, 0.2) is 5.75 Å². The zero-order valence-electron chi connectivity index (χ0n) is 11.3. The molecule has 2 aromatic rings. The van der Waals surface area contributed by atoms with E-state index in [1.165, 1.54) is 19.2 Å². The normalized spacial score (nSPS) is 10.0. The molecule has 8 nitrogen and oxygen atoms in total. The Morgan fingerprint density at radius 3 is 2.76 bits per heavy atom. The van der Waals surface area contributed by atoms with Crippen LogP contribution in [0.15, 0.2) is 36.5 Å². The van der Waals surface area contributed by atoms with Crippen molar-refractivity contribution in [2.24, 2.45) is 5.84 Å². The first-order valence-corrected chi connectivity index (χ1v) is 6.01. The Bertz CT molecular complexity index is 631. The van der Waals surface area contributed by atoms with Gasteiger partial charge in [0.25, 0.3) is 0 Å². The molecule has 8 heteroatoms. The molecule has 0 spiro atoms. The number of hydrogen-bond acceptors (Lipinski definition) is 7. The second-order valence-corrected chi connectivity index (χ2v) is 4.08.